The molecule has 0 radical (unpaired) electrons. The lowest BCUT2D eigenvalue weighted by Crippen LogP contribution is -2.52. The van der Waals surface area contributed by atoms with Crippen molar-refractivity contribution in [1.82, 2.24) is 10.2 Å². The molecule has 2 unspecified atom stereocenters. The van der Waals surface area contributed by atoms with Crippen LogP contribution in [0.5, 0.6) is 11.5 Å². The standard InChI is InChI=1S/C36H37N5O3/c1-2-23-6-3-7-24-14-28(42)16-31(34(23)24)41-19-25-15-32(44-22-36-10-4-12-40(36)13-5-11-36)30(18-37)35(29(25)17-33(41)43)39-20-26-8-9-27(21-39)38-26/h1,3,6-7,14-16,26-27,38,42H,4-5,8-13,17,19-22H2. The summed E-state index contributed by atoms with van der Waals surface area (Å²) in [6, 6.07) is 14.2. The van der Waals surface area contributed by atoms with Crippen LogP contribution in [0.1, 0.15) is 60.8 Å². The van der Waals surface area contributed by atoms with Crippen molar-refractivity contribution in [2.45, 2.75) is 69.1 Å². The number of rotatable bonds is 5. The van der Waals surface area contributed by atoms with Crippen molar-refractivity contribution in [3.05, 3.63) is 58.7 Å². The van der Waals surface area contributed by atoms with Crippen molar-refractivity contribution < 1.29 is 14.6 Å². The molecule has 8 nitrogen and oxygen atoms in total. The largest absolute Gasteiger partial charge is 0.508 e. The Labute approximate surface area is 258 Å². The Morgan fingerprint density at radius 1 is 1.11 bits per heavy atom. The van der Waals surface area contributed by atoms with Crippen LogP contribution < -0.4 is 19.9 Å². The van der Waals surface area contributed by atoms with Gasteiger partial charge in [-0.2, -0.15) is 5.26 Å². The van der Waals surface area contributed by atoms with Crippen LogP contribution in [-0.2, 0) is 17.8 Å². The van der Waals surface area contributed by atoms with Crippen molar-refractivity contribution in [3.8, 4) is 29.9 Å². The van der Waals surface area contributed by atoms with E-state index in [-0.39, 0.29) is 23.6 Å². The van der Waals surface area contributed by atoms with Gasteiger partial charge >= 0.3 is 0 Å². The number of benzene rings is 3. The molecule has 3 aromatic carbocycles. The zero-order valence-electron chi connectivity index (χ0n) is 24.9. The van der Waals surface area contributed by atoms with Crippen LogP contribution in [0, 0.1) is 23.7 Å². The molecular weight excluding hydrogens is 550 g/mol. The van der Waals surface area contributed by atoms with Gasteiger partial charge in [0.05, 0.1) is 29.9 Å². The summed E-state index contributed by atoms with van der Waals surface area (Å²) in [6.45, 7) is 4.71. The molecule has 5 heterocycles. The molecule has 4 fully saturated rings. The maximum absolute atomic E-state index is 14.0. The summed E-state index contributed by atoms with van der Waals surface area (Å²) in [5, 5.41) is 26.5. The number of phenolic OH excluding ortho intramolecular Hbond substituents is 1. The number of nitrogens with zero attached hydrogens (tertiary/aromatic N) is 4. The van der Waals surface area contributed by atoms with Crippen LogP contribution in [-0.4, -0.2) is 66.3 Å². The number of piperazine rings is 1. The van der Waals surface area contributed by atoms with Gasteiger partial charge in [0.2, 0.25) is 5.91 Å². The third kappa shape index (κ3) is 4.31. The Morgan fingerprint density at radius 2 is 1.89 bits per heavy atom. The fourth-order valence-corrected chi connectivity index (χ4v) is 8.75. The van der Waals surface area contributed by atoms with Gasteiger partial charge in [-0.25, -0.2) is 0 Å². The van der Waals surface area contributed by atoms with Crippen LogP contribution in [0.25, 0.3) is 10.8 Å². The first-order valence-corrected chi connectivity index (χ1v) is 16.0. The maximum Gasteiger partial charge on any atom is 0.231 e. The number of hydrogen-bond donors (Lipinski definition) is 2. The van der Waals surface area contributed by atoms with Gasteiger partial charge in [-0.3, -0.25) is 9.69 Å². The van der Waals surface area contributed by atoms with Crippen LogP contribution in [0.3, 0.4) is 0 Å². The predicted octanol–water partition coefficient (Wildman–Crippen LogP) is 4.44. The number of terminal acetylenes is 1. The van der Waals surface area contributed by atoms with Gasteiger partial charge in [0.15, 0.2) is 0 Å². The number of nitrogens with one attached hydrogen (secondary N) is 1. The molecular formula is C36H37N5O3. The molecule has 8 rings (SSSR count). The number of nitriles is 1. The summed E-state index contributed by atoms with van der Waals surface area (Å²) >= 11 is 0. The van der Waals surface area contributed by atoms with Gasteiger partial charge in [-0.05, 0) is 86.3 Å². The third-order valence-electron chi connectivity index (χ3n) is 10.8. The fraction of sp³-hybridized carbons (Fsp3) is 0.444. The van der Waals surface area contributed by atoms with Crippen molar-refractivity contribution >= 4 is 28.1 Å². The highest BCUT2D eigenvalue weighted by atomic mass is 16.5. The van der Waals surface area contributed by atoms with E-state index in [1.807, 2.05) is 24.3 Å². The molecule has 5 aliphatic rings. The van der Waals surface area contributed by atoms with E-state index in [1.165, 1.54) is 12.8 Å². The lowest BCUT2D eigenvalue weighted by molar-refractivity contribution is -0.118. The summed E-state index contributed by atoms with van der Waals surface area (Å²) in [7, 11) is 0. The highest BCUT2D eigenvalue weighted by molar-refractivity contribution is 6.08. The lowest BCUT2D eigenvalue weighted by atomic mass is 9.91. The number of carbonyl (C=O) groups is 1. The molecule has 0 spiro atoms. The number of hydrogen-bond acceptors (Lipinski definition) is 7. The van der Waals surface area contributed by atoms with E-state index in [4.69, 9.17) is 11.2 Å². The molecule has 4 saturated heterocycles. The van der Waals surface area contributed by atoms with Crippen molar-refractivity contribution in [2.75, 3.05) is 42.6 Å². The molecule has 2 atom stereocenters. The number of amides is 1. The summed E-state index contributed by atoms with van der Waals surface area (Å²) in [4.78, 5) is 20.7. The van der Waals surface area contributed by atoms with E-state index < -0.39 is 0 Å². The Kier molecular flexibility index (Phi) is 6.48. The van der Waals surface area contributed by atoms with Crippen molar-refractivity contribution in [3.63, 3.8) is 0 Å². The number of phenols is 1. The van der Waals surface area contributed by atoms with Crippen LogP contribution in [0.4, 0.5) is 11.4 Å². The van der Waals surface area contributed by atoms with Crippen LogP contribution >= 0.6 is 0 Å². The minimum absolute atomic E-state index is 0.0467. The molecule has 5 aliphatic heterocycles. The molecule has 1 amide bonds. The SMILES string of the molecule is C#Cc1cccc2cc(O)cc(N3Cc4cc(OCC56CCCN5CCC6)c(C#N)c(N5CC6CCC(C5)N6)c4CC3=O)c12. The van der Waals surface area contributed by atoms with Gasteiger partial charge in [-0.15, -0.1) is 6.42 Å². The van der Waals surface area contributed by atoms with Crippen LogP contribution in [0.2, 0.25) is 0 Å². The van der Waals surface area contributed by atoms with Crippen LogP contribution in [0.15, 0.2) is 36.4 Å². The zero-order chi connectivity index (χ0) is 30.0. The molecule has 3 aromatic rings. The Bertz CT molecular complexity index is 1750. The van der Waals surface area contributed by atoms with Gasteiger partial charge in [0.25, 0.3) is 0 Å². The number of anilines is 2. The highest BCUT2D eigenvalue weighted by Gasteiger charge is 2.45. The average molecular weight is 588 g/mol. The monoisotopic (exact) mass is 587 g/mol. The molecule has 8 heteroatoms. The summed E-state index contributed by atoms with van der Waals surface area (Å²) in [6.07, 6.45) is 12.9. The summed E-state index contributed by atoms with van der Waals surface area (Å²) in [5.41, 5.74) is 4.62. The minimum atomic E-state index is -0.0837. The molecule has 0 aliphatic carbocycles. The third-order valence-corrected chi connectivity index (χ3v) is 10.8. The first-order chi connectivity index (χ1) is 21.5. The molecule has 2 N–H and O–H groups in total. The van der Waals surface area contributed by atoms with Gasteiger partial charge in [-0.1, -0.05) is 18.1 Å². The average Bonchev–Trinajstić information content (AvgIpc) is 3.71. The van der Waals surface area contributed by atoms with E-state index >= 15 is 0 Å². The second-order valence-electron chi connectivity index (χ2n) is 13.3. The fourth-order valence-electron chi connectivity index (χ4n) is 8.75. The molecule has 2 bridgehead atoms. The highest BCUT2D eigenvalue weighted by Crippen LogP contribution is 2.45. The second-order valence-corrected chi connectivity index (χ2v) is 13.3. The first-order valence-electron chi connectivity index (χ1n) is 16.0. The predicted molar refractivity (Wildman–Crippen MR) is 170 cm³/mol. The Hall–Kier alpha value is -4.24. The number of aromatic hydroxyl groups is 1. The van der Waals surface area contributed by atoms with E-state index in [1.54, 1.807) is 17.0 Å². The lowest BCUT2D eigenvalue weighted by Gasteiger charge is -2.39. The maximum atomic E-state index is 14.0. The number of fused-ring (bicyclic) bond motifs is 5. The second kappa shape index (κ2) is 10.4. The van der Waals surface area contributed by atoms with E-state index in [0.717, 1.165) is 79.4 Å². The van der Waals surface area contributed by atoms with Gasteiger partial charge in [0.1, 0.15) is 29.7 Å². The summed E-state index contributed by atoms with van der Waals surface area (Å²) in [5.74, 6) is 3.37. The van der Waals surface area contributed by atoms with Crippen molar-refractivity contribution in [1.29, 1.82) is 5.26 Å². The Morgan fingerprint density at radius 3 is 2.61 bits per heavy atom. The quantitative estimate of drug-likeness (QED) is 0.427. The first kappa shape index (κ1) is 27.3. The van der Waals surface area contributed by atoms with Crippen molar-refractivity contribution in [2.24, 2.45) is 0 Å². The van der Waals surface area contributed by atoms with E-state index in [9.17, 15) is 15.2 Å². The smallest absolute Gasteiger partial charge is 0.231 e. The number of ether oxygens (including phenoxy) is 1. The molecule has 44 heavy (non-hydrogen) atoms. The normalized spacial score (nSPS) is 23.8. The van der Waals surface area contributed by atoms with Gasteiger partial charge < -0.3 is 25.0 Å². The van der Waals surface area contributed by atoms with E-state index in [0.29, 0.717) is 47.8 Å². The zero-order valence-corrected chi connectivity index (χ0v) is 24.9. The van der Waals surface area contributed by atoms with Gasteiger partial charge in [0, 0.05) is 42.2 Å². The molecule has 224 valence electrons. The summed E-state index contributed by atoms with van der Waals surface area (Å²) < 4.78 is 6.70. The molecule has 0 aromatic heterocycles. The van der Waals surface area contributed by atoms with E-state index in [2.05, 4.69) is 27.1 Å². The topological polar surface area (TPSA) is 92.1 Å². The molecule has 0 saturated carbocycles. The number of carbonyl (C=O) groups excluding carboxylic acids is 1. The Balaban J connectivity index is 1.24. The minimum Gasteiger partial charge on any atom is -0.508 e.